The van der Waals surface area contributed by atoms with Crippen LogP contribution >= 0.6 is 11.8 Å². The zero-order valence-corrected chi connectivity index (χ0v) is 10.1. The molecule has 0 saturated carbocycles. The summed E-state index contributed by atoms with van der Waals surface area (Å²) in [5.41, 5.74) is 1.10. The summed E-state index contributed by atoms with van der Waals surface area (Å²) in [5.74, 6) is 1.22. The number of thioether (sulfide) groups is 1. The highest BCUT2D eigenvalue weighted by Crippen LogP contribution is 2.28. The maximum atomic E-state index is 5.82. The van der Waals surface area contributed by atoms with Gasteiger partial charge in [-0.15, -0.1) is 11.8 Å². The van der Waals surface area contributed by atoms with E-state index in [1.807, 2.05) is 11.8 Å². The highest BCUT2D eigenvalue weighted by Gasteiger charge is 2.21. The van der Waals surface area contributed by atoms with E-state index in [4.69, 9.17) is 4.74 Å². The third-order valence-electron chi connectivity index (χ3n) is 3.00. The molecule has 0 bridgehead atoms. The Bertz CT molecular complexity index is 335. The van der Waals surface area contributed by atoms with Gasteiger partial charge < -0.3 is 10.1 Å². The van der Waals surface area contributed by atoms with Gasteiger partial charge in [-0.25, -0.2) is 0 Å². The number of hydrogen-bond acceptors (Lipinski definition) is 4. The van der Waals surface area contributed by atoms with Gasteiger partial charge in [-0.3, -0.25) is 4.68 Å². The van der Waals surface area contributed by atoms with Crippen molar-refractivity contribution in [2.24, 2.45) is 0 Å². The van der Waals surface area contributed by atoms with Crippen LogP contribution in [0.1, 0.15) is 24.6 Å². The zero-order valence-electron chi connectivity index (χ0n) is 9.32. The van der Waals surface area contributed by atoms with Crippen LogP contribution in [0.5, 0.6) is 0 Å². The molecule has 1 atom stereocenters. The molecule has 0 aromatic carbocycles. The summed E-state index contributed by atoms with van der Waals surface area (Å²) in [6.45, 7) is 3.84. The first-order valence-electron chi connectivity index (χ1n) is 5.96. The van der Waals surface area contributed by atoms with Gasteiger partial charge in [0.2, 0.25) is 0 Å². The average Bonchev–Trinajstić information content (AvgIpc) is 2.56. The lowest BCUT2D eigenvalue weighted by Crippen LogP contribution is -2.20. The van der Waals surface area contributed by atoms with Crippen molar-refractivity contribution in [2.45, 2.75) is 30.5 Å². The van der Waals surface area contributed by atoms with Crippen molar-refractivity contribution in [2.75, 3.05) is 25.4 Å². The molecule has 1 aromatic rings. The van der Waals surface area contributed by atoms with Crippen LogP contribution in [0.4, 0.5) is 0 Å². The first kappa shape index (κ1) is 10.6. The van der Waals surface area contributed by atoms with Crippen LogP contribution in [0.2, 0.25) is 0 Å². The molecule has 5 heteroatoms. The molecule has 16 heavy (non-hydrogen) atoms. The summed E-state index contributed by atoms with van der Waals surface area (Å²) in [4.78, 5) is 0. The molecule has 0 radical (unpaired) electrons. The number of ether oxygens (including phenoxy) is 1. The topological polar surface area (TPSA) is 39.1 Å². The second-order valence-corrected chi connectivity index (χ2v) is 5.36. The monoisotopic (exact) mass is 239 g/mol. The first-order valence-corrected chi connectivity index (χ1v) is 6.95. The minimum Gasteiger partial charge on any atom is -0.370 e. The Labute approximate surface area is 99.7 Å². The van der Waals surface area contributed by atoms with Gasteiger partial charge in [0.15, 0.2) is 0 Å². The summed E-state index contributed by atoms with van der Waals surface area (Å²) in [6.07, 6.45) is 2.46. The van der Waals surface area contributed by atoms with Gasteiger partial charge in [0.25, 0.3) is 0 Å². The lowest BCUT2D eigenvalue weighted by molar-refractivity contribution is 0.0634. The molecule has 0 aliphatic carbocycles. The van der Waals surface area contributed by atoms with Crippen LogP contribution in [0, 0.1) is 0 Å². The molecular weight excluding hydrogens is 222 g/mol. The fourth-order valence-electron chi connectivity index (χ4n) is 2.15. The minimum atomic E-state index is 0.140. The van der Waals surface area contributed by atoms with Crippen molar-refractivity contribution in [3.05, 3.63) is 11.8 Å². The predicted octanol–water partition coefficient (Wildman–Crippen LogP) is 1.43. The Morgan fingerprint density at radius 2 is 2.50 bits per heavy atom. The second-order valence-electron chi connectivity index (χ2n) is 4.25. The Hall–Kier alpha value is -0.520. The SMILES string of the molecule is c1c(C2CNCCCO2)nn2c1SCCC2. The van der Waals surface area contributed by atoms with Gasteiger partial charge in [0.05, 0.1) is 10.7 Å². The van der Waals surface area contributed by atoms with Gasteiger partial charge in [-0.05, 0) is 25.5 Å². The number of fused-ring (bicyclic) bond motifs is 1. The molecule has 1 aromatic heterocycles. The van der Waals surface area contributed by atoms with Gasteiger partial charge in [0, 0.05) is 25.4 Å². The molecule has 3 rings (SSSR count). The molecule has 88 valence electrons. The third kappa shape index (κ3) is 2.12. The standard InChI is InChI=1S/C11H17N3OS/c1-3-12-8-10(15-5-1)9-7-11-14(13-9)4-2-6-16-11/h7,10,12H,1-6,8H2. The molecule has 2 aliphatic rings. The second kappa shape index (κ2) is 4.77. The molecule has 1 unspecified atom stereocenters. The number of hydrogen-bond donors (Lipinski definition) is 1. The maximum Gasteiger partial charge on any atom is 0.114 e. The summed E-state index contributed by atoms with van der Waals surface area (Å²) in [6, 6.07) is 2.20. The quantitative estimate of drug-likeness (QED) is 0.804. The highest BCUT2D eigenvalue weighted by molar-refractivity contribution is 7.99. The van der Waals surface area contributed by atoms with Crippen LogP contribution in [0.3, 0.4) is 0 Å². The predicted molar refractivity (Wildman–Crippen MR) is 63.7 cm³/mol. The summed E-state index contributed by atoms with van der Waals surface area (Å²) < 4.78 is 7.94. The van der Waals surface area contributed by atoms with E-state index < -0.39 is 0 Å². The van der Waals surface area contributed by atoms with Crippen molar-refractivity contribution >= 4 is 11.8 Å². The van der Waals surface area contributed by atoms with Crippen LogP contribution < -0.4 is 5.32 Å². The van der Waals surface area contributed by atoms with E-state index in [1.165, 1.54) is 17.2 Å². The number of nitrogens with zero attached hydrogens (tertiary/aromatic N) is 2. The fourth-order valence-corrected chi connectivity index (χ4v) is 3.12. The van der Waals surface area contributed by atoms with Crippen molar-refractivity contribution in [3.63, 3.8) is 0 Å². The van der Waals surface area contributed by atoms with E-state index in [-0.39, 0.29) is 6.10 Å². The van der Waals surface area contributed by atoms with Crippen LogP contribution in [0.15, 0.2) is 11.1 Å². The van der Waals surface area contributed by atoms with E-state index in [1.54, 1.807) is 0 Å². The van der Waals surface area contributed by atoms with E-state index in [9.17, 15) is 0 Å². The molecular formula is C11H17N3OS. The van der Waals surface area contributed by atoms with Crippen molar-refractivity contribution in [3.8, 4) is 0 Å². The number of aryl methyl sites for hydroxylation is 1. The van der Waals surface area contributed by atoms with E-state index in [0.29, 0.717) is 0 Å². The summed E-state index contributed by atoms with van der Waals surface area (Å²) in [7, 11) is 0. The smallest absolute Gasteiger partial charge is 0.114 e. The lowest BCUT2D eigenvalue weighted by Gasteiger charge is -2.12. The summed E-state index contributed by atoms with van der Waals surface area (Å²) in [5, 5.41) is 9.34. The van der Waals surface area contributed by atoms with E-state index in [2.05, 4.69) is 21.2 Å². The number of nitrogens with one attached hydrogen (secondary N) is 1. The Kier molecular flexibility index (Phi) is 3.17. The lowest BCUT2D eigenvalue weighted by atomic mass is 10.2. The minimum absolute atomic E-state index is 0.140. The van der Waals surface area contributed by atoms with Gasteiger partial charge in [-0.2, -0.15) is 5.10 Å². The Morgan fingerprint density at radius 1 is 1.50 bits per heavy atom. The summed E-state index contributed by atoms with van der Waals surface area (Å²) >= 11 is 1.90. The van der Waals surface area contributed by atoms with Crippen molar-refractivity contribution in [1.29, 1.82) is 0 Å². The molecule has 3 heterocycles. The normalized spacial score (nSPS) is 26.1. The maximum absolute atomic E-state index is 5.82. The molecule has 1 N–H and O–H groups in total. The van der Waals surface area contributed by atoms with Crippen molar-refractivity contribution in [1.82, 2.24) is 15.1 Å². The third-order valence-corrected chi connectivity index (χ3v) is 4.12. The van der Waals surface area contributed by atoms with Gasteiger partial charge in [-0.1, -0.05) is 0 Å². The Balaban J connectivity index is 1.79. The van der Waals surface area contributed by atoms with Gasteiger partial charge in [0.1, 0.15) is 6.10 Å². The first-order chi connectivity index (χ1) is 7.93. The zero-order chi connectivity index (χ0) is 10.8. The molecule has 0 amide bonds. The molecule has 1 fully saturated rings. The van der Waals surface area contributed by atoms with Crippen LogP contribution in [0.25, 0.3) is 0 Å². The van der Waals surface area contributed by atoms with E-state index >= 15 is 0 Å². The van der Waals surface area contributed by atoms with Crippen molar-refractivity contribution < 1.29 is 4.74 Å². The average molecular weight is 239 g/mol. The number of rotatable bonds is 1. The Morgan fingerprint density at radius 3 is 3.44 bits per heavy atom. The molecule has 1 saturated heterocycles. The van der Waals surface area contributed by atoms with Gasteiger partial charge >= 0.3 is 0 Å². The highest BCUT2D eigenvalue weighted by atomic mass is 32.2. The molecule has 2 aliphatic heterocycles. The van der Waals surface area contributed by atoms with Crippen LogP contribution in [-0.4, -0.2) is 35.2 Å². The molecule has 4 nitrogen and oxygen atoms in total. The van der Waals surface area contributed by atoms with Crippen LogP contribution in [-0.2, 0) is 11.3 Å². The largest absolute Gasteiger partial charge is 0.370 e. The van der Waals surface area contributed by atoms with E-state index in [0.717, 1.165) is 38.4 Å². The number of aromatic nitrogens is 2. The fraction of sp³-hybridized carbons (Fsp3) is 0.727. The molecule has 0 spiro atoms.